The average Bonchev–Trinajstić information content (AvgIpc) is 3.26. The summed E-state index contributed by atoms with van der Waals surface area (Å²) >= 11 is 5.26. The molecule has 3 rings (SSSR count). The van der Waals surface area contributed by atoms with E-state index in [1.165, 1.54) is 0 Å². The molecule has 9 heteroatoms. The molecule has 1 atom stereocenters. The molecule has 7 nitrogen and oxygen atoms in total. The lowest BCUT2D eigenvalue weighted by molar-refractivity contribution is 0.114. The van der Waals surface area contributed by atoms with Gasteiger partial charge in [-0.05, 0) is 49.7 Å². The average molecular weight is 383 g/mol. The van der Waals surface area contributed by atoms with Crippen LogP contribution in [0.4, 0.5) is 5.69 Å². The van der Waals surface area contributed by atoms with Gasteiger partial charge in [0.05, 0.1) is 11.0 Å². The maximum absolute atomic E-state index is 12.4. The summed E-state index contributed by atoms with van der Waals surface area (Å²) in [5, 5.41) is 6.56. The van der Waals surface area contributed by atoms with Crippen molar-refractivity contribution in [1.82, 2.24) is 10.0 Å². The minimum absolute atomic E-state index is 0.175. The Morgan fingerprint density at radius 3 is 2.96 bits per heavy atom. The number of nitrogens with one attached hydrogen (secondary N) is 3. The van der Waals surface area contributed by atoms with E-state index in [2.05, 4.69) is 20.3 Å². The van der Waals surface area contributed by atoms with Crippen LogP contribution in [0.5, 0.6) is 0 Å². The molecule has 0 aliphatic carbocycles. The van der Waals surface area contributed by atoms with Gasteiger partial charge in [0.25, 0.3) is 10.0 Å². The summed E-state index contributed by atoms with van der Waals surface area (Å²) in [7, 11) is -3.63. The monoisotopic (exact) mass is 382 g/mol. The highest BCUT2D eigenvalue weighted by Crippen LogP contribution is 2.16. The quantitative estimate of drug-likeness (QED) is 0.671. The first-order chi connectivity index (χ1) is 12.0. The van der Waals surface area contributed by atoms with E-state index in [0.717, 1.165) is 25.9 Å². The van der Waals surface area contributed by atoms with Crippen LogP contribution >= 0.6 is 12.2 Å². The second kappa shape index (κ2) is 8.11. The first kappa shape index (κ1) is 18.1. The summed E-state index contributed by atoms with van der Waals surface area (Å²) in [5.41, 5.74) is 0.612. The van der Waals surface area contributed by atoms with E-state index < -0.39 is 10.0 Å². The molecule has 1 aromatic carbocycles. The summed E-state index contributed by atoms with van der Waals surface area (Å²) in [6, 6.07) is 6.55. The van der Waals surface area contributed by atoms with Crippen molar-refractivity contribution in [1.29, 1.82) is 0 Å². The van der Waals surface area contributed by atoms with Crippen molar-refractivity contribution in [3.05, 3.63) is 24.3 Å². The molecule has 2 aliphatic heterocycles. The van der Waals surface area contributed by atoms with Crippen molar-refractivity contribution in [3.8, 4) is 0 Å². The predicted molar refractivity (Wildman–Crippen MR) is 101 cm³/mol. The highest BCUT2D eigenvalue weighted by atomic mass is 32.2. The summed E-state index contributed by atoms with van der Waals surface area (Å²) in [5.74, 6) is 0.520. The van der Waals surface area contributed by atoms with E-state index in [9.17, 15) is 8.42 Å². The molecule has 25 heavy (non-hydrogen) atoms. The van der Waals surface area contributed by atoms with E-state index in [4.69, 9.17) is 17.0 Å². The first-order valence-electron chi connectivity index (χ1n) is 8.35. The van der Waals surface area contributed by atoms with Crippen molar-refractivity contribution >= 4 is 38.9 Å². The summed E-state index contributed by atoms with van der Waals surface area (Å²) < 4.78 is 33.0. The van der Waals surface area contributed by atoms with Gasteiger partial charge < -0.3 is 15.4 Å². The Kier molecular flexibility index (Phi) is 5.87. The van der Waals surface area contributed by atoms with Crippen LogP contribution in [0.25, 0.3) is 0 Å². The fourth-order valence-electron chi connectivity index (χ4n) is 2.77. The van der Waals surface area contributed by atoms with Crippen LogP contribution in [0.3, 0.4) is 0 Å². The highest BCUT2D eigenvalue weighted by molar-refractivity contribution is 7.90. The minimum Gasteiger partial charge on any atom is -0.376 e. The van der Waals surface area contributed by atoms with Crippen LogP contribution in [0.2, 0.25) is 0 Å². The van der Waals surface area contributed by atoms with E-state index in [1.807, 2.05) is 0 Å². The molecule has 0 spiro atoms. The molecule has 0 aromatic heterocycles. The molecule has 136 valence electrons. The number of rotatable bonds is 5. The highest BCUT2D eigenvalue weighted by Gasteiger charge is 2.19. The number of amidine groups is 1. The standard InChI is InChI=1S/C16H22N4O3S2/c21-25(22,20-15-7-2-8-17-15)14-6-1-4-12(10-14)19-16(24)18-11-13-5-3-9-23-13/h1,4,6,10,13H,2-3,5,7-9,11H2,(H,17,20)(H2,18,19,24)/t13-/m0/s1. The Bertz CT molecular complexity index is 758. The third kappa shape index (κ3) is 5.13. The van der Waals surface area contributed by atoms with Gasteiger partial charge >= 0.3 is 0 Å². The van der Waals surface area contributed by atoms with Gasteiger partial charge in [-0.3, -0.25) is 9.71 Å². The Hall–Kier alpha value is -1.71. The van der Waals surface area contributed by atoms with Crippen molar-refractivity contribution < 1.29 is 13.2 Å². The number of aliphatic imine (C=N–C) groups is 1. The van der Waals surface area contributed by atoms with Crippen LogP contribution < -0.4 is 15.4 Å². The van der Waals surface area contributed by atoms with Gasteiger partial charge in [-0.2, -0.15) is 0 Å². The van der Waals surface area contributed by atoms with Crippen molar-refractivity contribution in [3.63, 3.8) is 0 Å². The smallest absolute Gasteiger partial charge is 0.262 e. The molecule has 1 aromatic rings. The van der Waals surface area contributed by atoms with Gasteiger partial charge in [-0.25, -0.2) is 8.42 Å². The van der Waals surface area contributed by atoms with Crippen molar-refractivity contribution in [2.75, 3.05) is 25.0 Å². The predicted octanol–water partition coefficient (Wildman–Crippen LogP) is 1.62. The summed E-state index contributed by atoms with van der Waals surface area (Å²) in [4.78, 5) is 4.32. The molecular weight excluding hydrogens is 360 g/mol. The number of nitrogens with zero attached hydrogens (tertiary/aromatic N) is 1. The first-order valence-corrected chi connectivity index (χ1v) is 10.2. The molecule has 0 saturated carbocycles. The molecule has 1 saturated heterocycles. The Morgan fingerprint density at radius 1 is 1.36 bits per heavy atom. The fraction of sp³-hybridized carbons (Fsp3) is 0.500. The number of anilines is 1. The summed E-state index contributed by atoms with van der Waals surface area (Å²) in [6.45, 7) is 2.11. The molecule has 0 amide bonds. The van der Waals surface area contributed by atoms with E-state index >= 15 is 0 Å². The molecule has 2 aliphatic rings. The SMILES string of the molecule is O=S(=O)(NC1=NCCC1)c1cccc(NC(=S)NC[C@@H]2CCCO2)c1. The van der Waals surface area contributed by atoms with Crippen molar-refractivity contribution in [2.24, 2.45) is 4.99 Å². The largest absolute Gasteiger partial charge is 0.376 e. The van der Waals surface area contributed by atoms with Gasteiger partial charge in [0.2, 0.25) is 0 Å². The number of sulfonamides is 1. The minimum atomic E-state index is -3.63. The Morgan fingerprint density at radius 2 is 2.24 bits per heavy atom. The molecule has 0 unspecified atom stereocenters. The van der Waals surface area contributed by atoms with Crippen LogP contribution in [-0.2, 0) is 14.8 Å². The van der Waals surface area contributed by atoms with Crippen LogP contribution in [0, 0.1) is 0 Å². The fourth-order valence-corrected chi connectivity index (χ4v) is 4.10. The van der Waals surface area contributed by atoms with Gasteiger partial charge in [0.15, 0.2) is 5.11 Å². The van der Waals surface area contributed by atoms with E-state index in [0.29, 0.717) is 36.1 Å². The summed E-state index contributed by atoms with van der Waals surface area (Å²) in [6.07, 6.45) is 3.82. The Balaban J connectivity index is 1.59. The van der Waals surface area contributed by atoms with E-state index in [-0.39, 0.29) is 11.0 Å². The normalized spacial score (nSPS) is 20.2. The molecular formula is C16H22N4O3S2. The molecule has 2 heterocycles. The van der Waals surface area contributed by atoms with Gasteiger partial charge in [-0.15, -0.1) is 0 Å². The van der Waals surface area contributed by atoms with Crippen LogP contribution in [0.1, 0.15) is 25.7 Å². The molecule has 0 bridgehead atoms. The lowest BCUT2D eigenvalue weighted by atomic mass is 10.2. The lowest BCUT2D eigenvalue weighted by Crippen LogP contribution is -2.35. The second-order valence-electron chi connectivity index (χ2n) is 6.04. The van der Waals surface area contributed by atoms with Crippen LogP contribution in [-0.4, -0.2) is 45.2 Å². The van der Waals surface area contributed by atoms with Crippen molar-refractivity contribution in [2.45, 2.75) is 36.7 Å². The van der Waals surface area contributed by atoms with E-state index in [1.54, 1.807) is 24.3 Å². The number of ether oxygens (including phenoxy) is 1. The zero-order valence-electron chi connectivity index (χ0n) is 13.8. The second-order valence-corrected chi connectivity index (χ2v) is 8.13. The number of thiocarbonyl (C=S) groups is 1. The maximum Gasteiger partial charge on any atom is 0.262 e. The van der Waals surface area contributed by atoms with Gasteiger partial charge in [0, 0.05) is 31.8 Å². The van der Waals surface area contributed by atoms with Gasteiger partial charge in [-0.1, -0.05) is 6.07 Å². The zero-order valence-corrected chi connectivity index (χ0v) is 15.5. The molecule has 1 fully saturated rings. The van der Waals surface area contributed by atoms with Crippen LogP contribution in [0.15, 0.2) is 34.2 Å². The Labute approximate surface area is 153 Å². The lowest BCUT2D eigenvalue weighted by Gasteiger charge is -2.14. The third-order valence-corrected chi connectivity index (χ3v) is 5.67. The third-order valence-electron chi connectivity index (χ3n) is 4.04. The topological polar surface area (TPSA) is 91.8 Å². The number of hydrogen-bond acceptors (Lipinski definition) is 5. The molecule has 3 N–H and O–H groups in total. The zero-order chi connectivity index (χ0) is 17.7. The van der Waals surface area contributed by atoms with Gasteiger partial charge in [0.1, 0.15) is 5.84 Å². The number of hydrogen-bond donors (Lipinski definition) is 3. The molecule has 0 radical (unpaired) electrons. The maximum atomic E-state index is 12.4. The number of benzene rings is 1.